The number of halogens is 1. The number of imidazole rings is 1. The van der Waals surface area contributed by atoms with Crippen LogP contribution in [0.5, 0.6) is 0 Å². The predicted octanol–water partition coefficient (Wildman–Crippen LogP) is 10.6. The molecule has 3 aromatic carbocycles. The molecule has 0 spiro atoms. The summed E-state index contributed by atoms with van der Waals surface area (Å²) in [5, 5.41) is 3.46. The van der Waals surface area contributed by atoms with Crippen molar-refractivity contribution in [2.45, 2.75) is 103 Å². The van der Waals surface area contributed by atoms with Gasteiger partial charge >= 0.3 is 0 Å². The van der Waals surface area contributed by atoms with Crippen LogP contribution in [0.3, 0.4) is 0 Å². The Balaban J connectivity index is 1.14. The van der Waals surface area contributed by atoms with E-state index in [1.165, 1.54) is 39.9 Å². The van der Waals surface area contributed by atoms with Gasteiger partial charge in [0.2, 0.25) is 5.91 Å². The minimum atomic E-state index is -0.342. The van der Waals surface area contributed by atoms with Crippen LogP contribution in [-0.4, -0.2) is 28.2 Å². The van der Waals surface area contributed by atoms with Crippen molar-refractivity contribution < 1.29 is 13.9 Å². The van der Waals surface area contributed by atoms with Gasteiger partial charge in [0.25, 0.3) is 0 Å². The Morgan fingerprint density at radius 2 is 1.69 bits per heavy atom. The van der Waals surface area contributed by atoms with Gasteiger partial charge in [0.1, 0.15) is 11.6 Å². The first-order valence-corrected chi connectivity index (χ1v) is 18.2. The second kappa shape index (κ2) is 14.8. The van der Waals surface area contributed by atoms with Crippen molar-refractivity contribution >= 4 is 17.7 Å². The van der Waals surface area contributed by atoms with Gasteiger partial charge in [-0.1, -0.05) is 96.0 Å². The molecule has 1 amide bonds. The van der Waals surface area contributed by atoms with E-state index >= 15 is 0 Å². The third-order valence-corrected chi connectivity index (χ3v) is 10.9. The van der Waals surface area contributed by atoms with Crippen LogP contribution in [-0.2, 0) is 23.0 Å². The van der Waals surface area contributed by atoms with Crippen molar-refractivity contribution in [1.29, 1.82) is 0 Å². The lowest BCUT2D eigenvalue weighted by Crippen LogP contribution is -2.35. The zero-order valence-corrected chi connectivity index (χ0v) is 30.1. The third-order valence-electron chi connectivity index (χ3n) is 10.9. The minimum absolute atomic E-state index is 0.0260. The van der Waals surface area contributed by atoms with Crippen molar-refractivity contribution in [3.63, 3.8) is 0 Å². The first-order valence-electron chi connectivity index (χ1n) is 18.2. The van der Waals surface area contributed by atoms with Crippen LogP contribution in [0.2, 0.25) is 0 Å². The number of benzene rings is 3. The Labute approximate surface area is 292 Å². The number of aromatic nitrogens is 2. The number of carbonyl (C=O) groups excluding carboxylic acids is 1. The van der Waals surface area contributed by atoms with Crippen LogP contribution in [0.25, 0.3) is 17.5 Å². The van der Waals surface area contributed by atoms with E-state index in [9.17, 15) is 9.18 Å². The van der Waals surface area contributed by atoms with Crippen molar-refractivity contribution in [3.8, 4) is 11.4 Å². The largest absolute Gasteiger partial charge is 0.374 e. The summed E-state index contributed by atoms with van der Waals surface area (Å²) in [5.41, 5.74) is 8.84. The molecule has 4 aromatic rings. The van der Waals surface area contributed by atoms with Crippen LogP contribution < -0.4 is 5.32 Å². The quantitative estimate of drug-likeness (QED) is 0.154. The average Bonchev–Trinajstić information content (AvgIpc) is 3.75. The number of nitrogens with one attached hydrogen (secondary N) is 1. The summed E-state index contributed by atoms with van der Waals surface area (Å²) in [5.74, 6) is 1.60. The molecule has 6 heteroatoms. The molecule has 258 valence electrons. The van der Waals surface area contributed by atoms with Gasteiger partial charge in [-0.2, -0.15) is 0 Å². The molecule has 2 unspecified atom stereocenters. The SMILES string of the molecule is CC(C)c1cccc(C(C)C)c1NC(=O)C1(CCCOC2C=Cc3cc(C(C)c4ccc(F)cc4)c(-c4nccn4C)cc3C2)CCCC1. The average molecular weight is 662 g/mol. The molecule has 1 aromatic heterocycles. The van der Waals surface area contributed by atoms with Gasteiger partial charge in [0.05, 0.1) is 6.10 Å². The minimum Gasteiger partial charge on any atom is -0.374 e. The van der Waals surface area contributed by atoms with Gasteiger partial charge in [0.15, 0.2) is 0 Å². The van der Waals surface area contributed by atoms with Crippen molar-refractivity contribution in [3.05, 3.63) is 112 Å². The molecule has 0 bridgehead atoms. The number of anilines is 1. The standard InChI is InChI=1S/C43H52FN3O2/c1-28(2)36-11-9-12-37(29(3)4)40(36)46-42(48)43(19-7-8-20-43)21-10-24-49-35-18-15-32-26-38(30(5)31-13-16-34(44)17-14-31)39(27-33(32)25-35)41-45-22-23-47(41)6/h9,11-18,22-23,26-30,35H,7-8,10,19-21,24-25H2,1-6H3,(H,46,48). The van der Waals surface area contributed by atoms with E-state index in [0.717, 1.165) is 67.6 Å². The van der Waals surface area contributed by atoms with E-state index in [1.807, 2.05) is 31.6 Å². The van der Waals surface area contributed by atoms with E-state index < -0.39 is 0 Å². The van der Waals surface area contributed by atoms with Crippen LogP contribution >= 0.6 is 0 Å². The van der Waals surface area contributed by atoms with E-state index in [0.29, 0.717) is 18.4 Å². The molecule has 2 aliphatic rings. The zero-order valence-electron chi connectivity index (χ0n) is 30.1. The highest BCUT2D eigenvalue weighted by atomic mass is 19.1. The van der Waals surface area contributed by atoms with Gasteiger partial charge in [-0.25, -0.2) is 9.37 Å². The summed E-state index contributed by atoms with van der Waals surface area (Å²) in [7, 11) is 2.02. The molecule has 0 aliphatic heterocycles. The molecular weight excluding hydrogens is 609 g/mol. The molecule has 49 heavy (non-hydrogen) atoms. The fourth-order valence-corrected chi connectivity index (χ4v) is 7.96. The topological polar surface area (TPSA) is 56.1 Å². The Hall–Kier alpha value is -4.03. The molecule has 0 saturated heterocycles. The van der Waals surface area contributed by atoms with E-state index in [-0.39, 0.29) is 29.2 Å². The lowest BCUT2D eigenvalue weighted by atomic mass is 9.80. The van der Waals surface area contributed by atoms with E-state index in [4.69, 9.17) is 9.72 Å². The zero-order chi connectivity index (χ0) is 34.7. The van der Waals surface area contributed by atoms with Crippen molar-refractivity contribution in [1.82, 2.24) is 9.55 Å². The number of nitrogens with zero attached hydrogens (tertiary/aromatic N) is 2. The molecule has 1 N–H and O–H groups in total. The lowest BCUT2D eigenvalue weighted by Gasteiger charge is -2.30. The molecule has 2 aliphatic carbocycles. The van der Waals surface area contributed by atoms with Gasteiger partial charge in [0, 0.05) is 55.1 Å². The second-order valence-corrected chi connectivity index (χ2v) is 14.9. The summed E-state index contributed by atoms with van der Waals surface area (Å²) < 4.78 is 22.2. The fraction of sp³-hybridized carbons (Fsp3) is 0.442. The number of ether oxygens (including phenoxy) is 1. The predicted molar refractivity (Wildman–Crippen MR) is 198 cm³/mol. The van der Waals surface area contributed by atoms with E-state index in [1.54, 1.807) is 0 Å². The molecule has 1 fully saturated rings. The van der Waals surface area contributed by atoms with E-state index in [2.05, 4.69) is 87.0 Å². The number of fused-ring (bicyclic) bond motifs is 1. The van der Waals surface area contributed by atoms with Gasteiger partial charge < -0.3 is 14.6 Å². The highest BCUT2D eigenvalue weighted by Gasteiger charge is 2.41. The molecule has 1 heterocycles. The summed E-state index contributed by atoms with van der Waals surface area (Å²) in [6.07, 6.45) is 14.6. The molecule has 0 radical (unpaired) electrons. The highest BCUT2D eigenvalue weighted by Crippen LogP contribution is 2.44. The maximum atomic E-state index is 14.1. The molecule has 6 rings (SSSR count). The number of hydrogen-bond acceptors (Lipinski definition) is 3. The number of rotatable bonds is 12. The Morgan fingerprint density at radius 3 is 2.33 bits per heavy atom. The number of hydrogen-bond donors (Lipinski definition) is 1. The summed E-state index contributed by atoms with van der Waals surface area (Å²) in [4.78, 5) is 18.8. The van der Waals surface area contributed by atoms with Crippen molar-refractivity contribution in [2.75, 3.05) is 11.9 Å². The Bertz CT molecular complexity index is 1770. The third kappa shape index (κ3) is 7.45. The van der Waals surface area contributed by atoms with Crippen LogP contribution in [0.15, 0.2) is 73.1 Å². The normalized spacial score (nSPS) is 17.4. The smallest absolute Gasteiger partial charge is 0.230 e. The van der Waals surface area contributed by atoms with Crippen LogP contribution in [0.4, 0.5) is 10.1 Å². The molecule has 5 nitrogen and oxygen atoms in total. The summed E-state index contributed by atoms with van der Waals surface area (Å²) >= 11 is 0. The Morgan fingerprint density at radius 1 is 1.00 bits per heavy atom. The molecule has 2 atom stereocenters. The highest BCUT2D eigenvalue weighted by molar-refractivity contribution is 5.97. The first-order chi connectivity index (χ1) is 23.6. The number of carbonyl (C=O) groups is 1. The monoisotopic (exact) mass is 661 g/mol. The second-order valence-electron chi connectivity index (χ2n) is 14.9. The number of aryl methyl sites for hydroxylation is 1. The fourth-order valence-electron chi connectivity index (χ4n) is 7.96. The van der Waals surface area contributed by atoms with Gasteiger partial charge in [-0.05, 0) is 89.1 Å². The summed E-state index contributed by atoms with van der Waals surface area (Å²) in [6, 6.07) is 17.8. The number of para-hydroxylation sites is 1. The Kier molecular flexibility index (Phi) is 10.5. The molecule has 1 saturated carbocycles. The van der Waals surface area contributed by atoms with Crippen LogP contribution in [0.1, 0.15) is 124 Å². The van der Waals surface area contributed by atoms with Crippen molar-refractivity contribution in [2.24, 2.45) is 12.5 Å². The summed E-state index contributed by atoms with van der Waals surface area (Å²) in [6.45, 7) is 11.6. The lowest BCUT2D eigenvalue weighted by molar-refractivity contribution is -0.126. The van der Waals surface area contributed by atoms with Gasteiger partial charge in [-0.15, -0.1) is 0 Å². The van der Waals surface area contributed by atoms with Gasteiger partial charge in [-0.3, -0.25) is 4.79 Å². The molecular formula is C43H52FN3O2. The maximum Gasteiger partial charge on any atom is 0.230 e. The number of amides is 1. The van der Waals surface area contributed by atoms with Crippen LogP contribution in [0, 0.1) is 11.2 Å². The first kappa shape index (κ1) is 34.8. The maximum absolute atomic E-state index is 14.1.